The molecule has 1 aromatic heterocycles. The van der Waals surface area contributed by atoms with Gasteiger partial charge in [-0.25, -0.2) is 14.3 Å². The van der Waals surface area contributed by atoms with Gasteiger partial charge in [0.05, 0.1) is 25.5 Å². The number of alkyl halides is 2. The van der Waals surface area contributed by atoms with Crippen LogP contribution in [0.25, 0.3) is 0 Å². The summed E-state index contributed by atoms with van der Waals surface area (Å²) in [6.45, 7) is -0.465. The summed E-state index contributed by atoms with van der Waals surface area (Å²) >= 11 is 1.01. The topological polar surface area (TPSA) is 198 Å². The van der Waals surface area contributed by atoms with Crippen LogP contribution in [0, 0.1) is 0 Å². The minimum atomic E-state index is -2.86. The van der Waals surface area contributed by atoms with Crippen molar-refractivity contribution >= 4 is 41.4 Å². The summed E-state index contributed by atoms with van der Waals surface area (Å²) in [6, 6.07) is 0. The van der Waals surface area contributed by atoms with Gasteiger partial charge in [0, 0.05) is 12.9 Å². The highest BCUT2D eigenvalue weighted by Crippen LogP contribution is 2.26. The van der Waals surface area contributed by atoms with E-state index in [0.717, 1.165) is 18.9 Å². The van der Waals surface area contributed by atoms with E-state index in [1.54, 1.807) is 0 Å². The molecule has 184 valence electrons. The van der Waals surface area contributed by atoms with Crippen LogP contribution in [0.15, 0.2) is 16.4 Å². The van der Waals surface area contributed by atoms with Gasteiger partial charge in [-0.05, 0) is 16.0 Å². The van der Waals surface area contributed by atoms with Crippen LogP contribution in [0.2, 0.25) is 0 Å². The van der Waals surface area contributed by atoms with E-state index in [2.05, 4.69) is 20.8 Å². The number of aliphatic hydroxyl groups is 1. The Kier molecular flexibility index (Phi) is 9.77. The zero-order chi connectivity index (χ0) is 24.6. The van der Waals surface area contributed by atoms with E-state index >= 15 is 0 Å². The Morgan fingerprint density at radius 2 is 2.15 bits per heavy atom. The maximum absolute atomic E-state index is 12.3. The molecule has 14 nitrogen and oxygen atoms in total. The lowest BCUT2D eigenvalue weighted by molar-refractivity contribution is -0.198. The van der Waals surface area contributed by atoms with Crippen LogP contribution in [0.4, 0.5) is 8.78 Å². The molecule has 0 fully saturated rings. The van der Waals surface area contributed by atoms with E-state index in [4.69, 9.17) is 14.6 Å². The lowest BCUT2D eigenvalue weighted by Gasteiger charge is -2.39. The lowest BCUT2D eigenvalue weighted by Crippen LogP contribution is -2.69. The van der Waals surface area contributed by atoms with Gasteiger partial charge in [-0.15, -0.1) is 5.10 Å². The number of carboxylic acid groups (broad SMARTS) is 2. The quantitative estimate of drug-likeness (QED) is 0.151. The number of halogens is 2. The molecule has 1 aliphatic heterocycles. The number of carbonyl (C=O) groups excluding carboxylic acids is 1. The van der Waals surface area contributed by atoms with Gasteiger partial charge in [-0.1, -0.05) is 23.5 Å². The SMILES string of the molecule is CO[C@@](NC(=O)CSC(F)F)(C(=O)O)[C@@H]1NC(C(=O)O)=C(CSc2nnnn2CCO)CO1. The molecule has 1 aliphatic rings. The van der Waals surface area contributed by atoms with Gasteiger partial charge in [0.1, 0.15) is 5.70 Å². The number of hydrogen-bond acceptors (Lipinski definition) is 12. The molecule has 0 aliphatic carbocycles. The van der Waals surface area contributed by atoms with Crippen molar-refractivity contribution < 1.29 is 48.0 Å². The van der Waals surface area contributed by atoms with Crippen molar-refractivity contribution in [2.75, 3.05) is 31.8 Å². The summed E-state index contributed by atoms with van der Waals surface area (Å²) in [4.78, 5) is 35.7. The first-order valence-corrected chi connectivity index (χ1v) is 11.0. The van der Waals surface area contributed by atoms with E-state index < -0.39 is 47.0 Å². The monoisotopic (exact) mass is 514 g/mol. The van der Waals surface area contributed by atoms with Crippen LogP contribution < -0.4 is 10.6 Å². The predicted octanol–water partition coefficient (Wildman–Crippen LogP) is -1.46. The number of aliphatic carboxylic acids is 2. The largest absolute Gasteiger partial charge is 0.478 e. The van der Waals surface area contributed by atoms with Crippen molar-refractivity contribution in [3.8, 4) is 0 Å². The molecule has 1 amide bonds. The first-order chi connectivity index (χ1) is 15.6. The molecule has 2 rings (SSSR count). The van der Waals surface area contributed by atoms with E-state index in [1.807, 2.05) is 5.32 Å². The number of aliphatic hydroxyl groups excluding tert-OH is 1. The van der Waals surface area contributed by atoms with Gasteiger partial charge in [0.15, 0.2) is 6.23 Å². The normalized spacial score (nSPS) is 18.0. The molecule has 0 bridgehead atoms. The smallest absolute Gasteiger partial charge is 0.362 e. The maximum Gasteiger partial charge on any atom is 0.362 e. The Hall–Kier alpha value is -2.54. The average Bonchev–Trinajstić information content (AvgIpc) is 3.21. The summed E-state index contributed by atoms with van der Waals surface area (Å²) in [6.07, 6.45) is -1.71. The summed E-state index contributed by atoms with van der Waals surface area (Å²) in [5.74, 6) is -7.88. The van der Waals surface area contributed by atoms with Crippen molar-refractivity contribution in [2.45, 2.75) is 29.4 Å². The van der Waals surface area contributed by atoms with Gasteiger partial charge in [0.2, 0.25) is 11.1 Å². The molecule has 2 heterocycles. The second-order valence-electron chi connectivity index (χ2n) is 6.18. The number of carboxylic acids is 2. The molecule has 5 N–H and O–H groups in total. The molecule has 33 heavy (non-hydrogen) atoms. The Morgan fingerprint density at radius 1 is 1.42 bits per heavy atom. The number of ether oxygens (including phenoxy) is 2. The number of rotatable bonds is 13. The van der Waals surface area contributed by atoms with Crippen molar-refractivity contribution in [1.29, 1.82) is 0 Å². The van der Waals surface area contributed by atoms with Gasteiger partial charge in [0.25, 0.3) is 11.5 Å². The number of thioether (sulfide) groups is 2. The van der Waals surface area contributed by atoms with E-state index in [1.165, 1.54) is 4.68 Å². The van der Waals surface area contributed by atoms with Crippen LogP contribution in [-0.4, -0.2) is 103 Å². The third-order valence-corrected chi connectivity index (χ3v) is 5.85. The molecule has 0 radical (unpaired) electrons. The highest BCUT2D eigenvalue weighted by Gasteiger charge is 2.51. The number of nitrogens with one attached hydrogen (secondary N) is 2. The van der Waals surface area contributed by atoms with Gasteiger partial charge in [-0.3, -0.25) is 4.79 Å². The number of tetrazole rings is 1. The summed E-state index contributed by atoms with van der Waals surface area (Å²) in [5, 5.41) is 43.9. The second-order valence-corrected chi connectivity index (χ2v) is 8.10. The van der Waals surface area contributed by atoms with Crippen LogP contribution in [0.5, 0.6) is 0 Å². The number of nitrogens with zero attached hydrogens (tertiary/aromatic N) is 4. The first kappa shape index (κ1) is 26.7. The summed E-state index contributed by atoms with van der Waals surface area (Å²) in [7, 11) is 0.927. The zero-order valence-corrected chi connectivity index (χ0v) is 18.6. The van der Waals surface area contributed by atoms with Crippen LogP contribution in [0.1, 0.15) is 0 Å². The lowest BCUT2D eigenvalue weighted by atomic mass is 10.1. The Morgan fingerprint density at radius 3 is 2.73 bits per heavy atom. The molecule has 0 spiro atoms. The second kappa shape index (κ2) is 12.1. The average molecular weight is 514 g/mol. The van der Waals surface area contributed by atoms with Crippen LogP contribution >= 0.6 is 23.5 Å². The molecule has 0 saturated heterocycles. The Bertz CT molecular complexity index is 903. The van der Waals surface area contributed by atoms with Crippen molar-refractivity contribution in [3.63, 3.8) is 0 Å². The van der Waals surface area contributed by atoms with Crippen LogP contribution in [-0.2, 0) is 30.4 Å². The molecule has 0 unspecified atom stereocenters. The van der Waals surface area contributed by atoms with E-state index in [0.29, 0.717) is 5.16 Å². The molecule has 0 aromatic carbocycles. The van der Waals surface area contributed by atoms with Gasteiger partial charge in [-0.2, -0.15) is 8.78 Å². The van der Waals surface area contributed by atoms with Crippen LogP contribution in [0.3, 0.4) is 0 Å². The number of aromatic nitrogens is 4. The third-order valence-electron chi connectivity index (χ3n) is 4.13. The minimum absolute atomic E-state index is 0.0254. The fraction of sp³-hybridized carbons (Fsp3) is 0.600. The molecular weight excluding hydrogens is 494 g/mol. The number of hydrogen-bond donors (Lipinski definition) is 5. The fourth-order valence-corrected chi connectivity index (χ4v) is 3.87. The third kappa shape index (κ3) is 6.73. The predicted molar refractivity (Wildman–Crippen MR) is 107 cm³/mol. The van der Waals surface area contributed by atoms with Gasteiger partial charge < -0.3 is 35.4 Å². The van der Waals surface area contributed by atoms with E-state index in [-0.39, 0.29) is 42.8 Å². The van der Waals surface area contributed by atoms with Crippen molar-refractivity contribution in [3.05, 3.63) is 11.3 Å². The fourth-order valence-electron chi connectivity index (χ4n) is 2.62. The van der Waals surface area contributed by atoms with Crippen molar-refractivity contribution in [1.82, 2.24) is 30.8 Å². The molecule has 0 saturated carbocycles. The summed E-state index contributed by atoms with van der Waals surface area (Å²) < 4.78 is 36.4. The molecule has 2 atom stereocenters. The molecule has 18 heteroatoms. The number of methoxy groups -OCH3 is 1. The molecular formula is C15H20F2N6O8S2. The number of carbonyl (C=O) groups is 3. The molecule has 1 aromatic rings. The Balaban J connectivity index is 2.21. The number of amides is 1. The van der Waals surface area contributed by atoms with E-state index in [9.17, 15) is 33.4 Å². The summed E-state index contributed by atoms with van der Waals surface area (Å²) in [5.41, 5.74) is -2.80. The highest BCUT2D eigenvalue weighted by atomic mass is 32.2. The maximum atomic E-state index is 12.3. The van der Waals surface area contributed by atoms with Gasteiger partial charge >= 0.3 is 11.9 Å². The standard InChI is InChI=1S/C15H20F2N6O8S2/c1-30-15(12(28)29,19-8(25)6-32-13(16)17)11-18-9(10(26)27)7(4-31-11)5-33-14-20-21-22-23(14)2-3-24/h11,13,18,24H,2-6H2,1H3,(H,19,25)(H,26,27)(H,28,29)/t11-,15-/m1/s1. The van der Waals surface area contributed by atoms with Crippen molar-refractivity contribution in [2.24, 2.45) is 0 Å². The Labute approximate surface area is 193 Å². The first-order valence-electron chi connectivity index (χ1n) is 8.97. The minimum Gasteiger partial charge on any atom is -0.478 e. The highest BCUT2D eigenvalue weighted by molar-refractivity contribution is 8.00. The zero-order valence-electron chi connectivity index (χ0n) is 16.9.